The monoisotopic (exact) mass is 146 g/mol. The first-order valence-electron chi connectivity index (χ1n) is 3.27. The van der Waals surface area contributed by atoms with Gasteiger partial charge in [-0.25, -0.2) is 10.0 Å². The van der Waals surface area contributed by atoms with Crippen molar-refractivity contribution in [2.24, 2.45) is 5.41 Å². The number of carbonyl (C=O) groups is 1. The molecule has 0 spiro atoms. The summed E-state index contributed by atoms with van der Waals surface area (Å²) >= 11 is 0. The highest BCUT2D eigenvalue weighted by Gasteiger charge is 2.36. The molecule has 0 aliphatic rings. The normalized spacial score (nSPS) is 13.4. The van der Waals surface area contributed by atoms with Gasteiger partial charge in [-0.2, -0.15) is 0 Å². The number of hydrogen-bond donors (Lipinski definition) is 1. The van der Waals surface area contributed by atoms with Crippen LogP contribution >= 0.6 is 0 Å². The predicted octanol–water partition coefficient (Wildman–Crippen LogP) is 1.02. The van der Waals surface area contributed by atoms with Crippen molar-refractivity contribution in [3.05, 3.63) is 0 Å². The lowest BCUT2D eigenvalue weighted by Gasteiger charge is -2.24. The second-order valence-corrected chi connectivity index (χ2v) is 3.95. The largest absolute Gasteiger partial charge is 0.350 e. The van der Waals surface area contributed by atoms with E-state index in [4.69, 9.17) is 0 Å². The Morgan fingerprint density at radius 3 is 1.60 bits per heavy atom. The van der Waals surface area contributed by atoms with Crippen molar-refractivity contribution < 1.29 is 14.6 Å². The van der Waals surface area contributed by atoms with E-state index in [0.29, 0.717) is 0 Å². The maximum Gasteiger partial charge on any atom is 0.350 e. The molecule has 0 heterocycles. The van der Waals surface area contributed by atoms with Crippen LogP contribution in [0.25, 0.3) is 0 Å². The van der Waals surface area contributed by atoms with Gasteiger partial charge in [-0.05, 0) is 20.8 Å². The van der Waals surface area contributed by atoms with Crippen LogP contribution in [-0.4, -0.2) is 29.9 Å². The zero-order valence-electron chi connectivity index (χ0n) is 7.30. The number of hydrogen-bond acceptors (Lipinski definition) is 2. The van der Waals surface area contributed by atoms with Crippen LogP contribution in [0.3, 0.4) is 0 Å². The molecule has 0 fully saturated rings. The van der Waals surface area contributed by atoms with Crippen molar-refractivity contribution in [2.45, 2.75) is 20.8 Å². The van der Waals surface area contributed by atoms with Gasteiger partial charge in [0, 0.05) is 0 Å². The molecule has 3 heteroatoms. The van der Waals surface area contributed by atoms with Crippen molar-refractivity contribution in [1.29, 1.82) is 0 Å². The highest BCUT2D eigenvalue weighted by Crippen LogP contribution is 2.18. The van der Waals surface area contributed by atoms with Crippen LogP contribution < -0.4 is 0 Å². The van der Waals surface area contributed by atoms with Gasteiger partial charge in [0.15, 0.2) is 0 Å². The van der Waals surface area contributed by atoms with E-state index in [1.807, 2.05) is 0 Å². The fourth-order valence-corrected chi connectivity index (χ4v) is 0.821. The molecule has 0 aromatic rings. The van der Waals surface area contributed by atoms with Gasteiger partial charge < -0.3 is 0 Å². The average Bonchev–Trinajstić information content (AvgIpc) is 1.59. The summed E-state index contributed by atoms with van der Waals surface area (Å²) in [5, 5.41) is 9.21. The highest BCUT2D eigenvalue weighted by atomic mass is 16.6. The van der Waals surface area contributed by atoms with Gasteiger partial charge in [-0.1, -0.05) is 0 Å². The number of hydroxylamine groups is 3. The van der Waals surface area contributed by atoms with E-state index < -0.39 is 10.1 Å². The summed E-state index contributed by atoms with van der Waals surface area (Å²) in [4.78, 5) is 11.2. The minimum absolute atomic E-state index is 0.187. The summed E-state index contributed by atoms with van der Waals surface area (Å²) in [6, 6.07) is 0. The summed E-state index contributed by atoms with van der Waals surface area (Å²) in [7, 11) is 2.90. The van der Waals surface area contributed by atoms with Crippen LogP contribution in [0.2, 0.25) is 0 Å². The van der Waals surface area contributed by atoms with Gasteiger partial charge in [0.25, 0.3) is 0 Å². The second kappa shape index (κ2) is 2.32. The Morgan fingerprint density at radius 1 is 1.30 bits per heavy atom. The summed E-state index contributed by atoms with van der Waals surface area (Å²) in [5.41, 5.74) is -0.474. The minimum Gasteiger partial charge on any atom is -0.227 e. The van der Waals surface area contributed by atoms with Crippen molar-refractivity contribution in [1.82, 2.24) is 0 Å². The van der Waals surface area contributed by atoms with Gasteiger partial charge >= 0.3 is 5.91 Å². The molecule has 0 aromatic carbocycles. The predicted molar refractivity (Wildman–Crippen MR) is 38.4 cm³/mol. The van der Waals surface area contributed by atoms with Crippen LogP contribution in [0, 0.1) is 5.41 Å². The highest BCUT2D eigenvalue weighted by molar-refractivity contribution is 5.74. The lowest BCUT2D eigenvalue weighted by Crippen LogP contribution is -2.48. The maximum atomic E-state index is 11.2. The second-order valence-electron chi connectivity index (χ2n) is 3.95. The molecule has 1 N–H and O–H groups in total. The van der Waals surface area contributed by atoms with Crippen molar-refractivity contribution in [2.75, 3.05) is 14.1 Å². The van der Waals surface area contributed by atoms with Crippen LogP contribution in [-0.2, 0) is 4.79 Å². The van der Waals surface area contributed by atoms with Crippen molar-refractivity contribution in [3.63, 3.8) is 0 Å². The molecule has 0 radical (unpaired) electrons. The van der Waals surface area contributed by atoms with E-state index >= 15 is 0 Å². The zero-order chi connectivity index (χ0) is 8.58. The minimum atomic E-state index is -0.594. The molecule has 0 bridgehead atoms. The number of quaternary nitrogens is 1. The van der Waals surface area contributed by atoms with E-state index in [2.05, 4.69) is 0 Å². The molecule has 10 heavy (non-hydrogen) atoms. The Balaban J connectivity index is 4.40. The molecule has 0 aromatic heterocycles. The topological polar surface area (TPSA) is 37.3 Å². The third-order valence-electron chi connectivity index (χ3n) is 1.14. The third-order valence-corrected chi connectivity index (χ3v) is 1.14. The standard InChI is InChI=1S/C7H16NO2/c1-7(2,3)6(9)8(4,5)10/h10H,1-5H3/q+1. The Labute approximate surface area is 61.8 Å². The van der Waals surface area contributed by atoms with Gasteiger partial charge in [0.05, 0.1) is 5.41 Å². The quantitative estimate of drug-likeness (QED) is 0.315. The summed E-state index contributed by atoms with van der Waals surface area (Å²) in [6.45, 7) is 5.35. The average molecular weight is 146 g/mol. The SMILES string of the molecule is CC(C)(C)C(=O)[N+](C)(C)O. The lowest BCUT2D eigenvalue weighted by atomic mass is 9.95. The van der Waals surface area contributed by atoms with Gasteiger partial charge in [0.2, 0.25) is 0 Å². The number of nitrogens with zero attached hydrogens (tertiary/aromatic N) is 1. The first kappa shape index (κ1) is 9.59. The fourth-order valence-electron chi connectivity index (χ4n) is 0.821. The lowest BCUT2D eigenvalue weighted by molar-refractivity contribution is -1.01. The molecule has 1 amide bonds. The molecule has 0 aliphatic heterocycles. The fraction of sp³-hybridized carbons (Fsp3) is 0.857. The Bertz CT molecular complexity index is 123. The van der Waals surface area contributed by atoms with E-state index in [-0.39, 0.29) is 5.91 Å². The number of carbonyl (C=O) groups excluding carboxylic acids is 1. The summed E-state index contributed by atoms with van der Waals surface area (Å²) < 4.78 is -0.594. The molecule has 0 atom stereocenters. The third kappa shape index (κ3) is 2.45. The number of amides is 1. The van der Waals surface area contributed by atoms with Crippen LogP contribution in [0.5, 0.6) is 0 Å². The Kier molecular flexibility index (Phi) is 2.23. The molecule has 0 rings (SSSR count). The molecule has 0 saturated carbocycles. The molecule has 0 unspecified atom stereocenters. The van der Waals surface area contributed by atoms with E-state index in [9.17, 15) is 10.0 Å². The van der Waals surface area contributed by atoms with E-state index in [0.717, 1.165) is 0 Å². The maximum absolute atomic E-state index is 11.2. The van der Waals surface area contributed by atoms with E-state index in [1.165, 1.54) is 14.1 Å². The van der Waals surface area contributed by atoms with E-state index in [1.54, 1.807) is 20.8 Å². The van der Waals surface area contributed by atoms with Crippen molar-refractivity contribution in [3.8, 4) is 0 Å². The molecule has 60 valence electrons. The van der Waals surface area contributed by atoms with Gasteiger partial charge in [-0.15, -0.1) is 4.65 Å². The van der Waals surface area contributed by atoms with Gasteiger partial charge in [0.1, 0.15) is 14.1 Å². The van der Waals surface area contributed by atoms with Crippen LogP contribution in [0.4, 0.5) is 0 Å². The Morgan fingerprint density at radius 2 is 1.60 bits per heavy atom. The summed E-state index contributed by atoms with van der Waals surface area (Å²) in [5.74, 6) is -0.187. The zero-order valence-corrected chi connectivity index (χ0v) is 7.30. The molecule has 0 saturated heterocycles. The van der Waals surface area contributed by atoms with Gasteiger partial charge in [-0.3, -0.25) is 0 Å². The van der Waals surface area contributed by atoms with Crippen molar-refractivity contribution >= 4 is 5.91 Å². The Hall–Kier alpha value is -0.410. The molecular weight excluding hydrogens is 130 g/mol. The first-order valence-corrected chi connectivity index (χ1v) is 3.27. The molecule has 3 nitrogen and oxygen atoms in total. The smallest absolute Gasteiger partial charge is 0.227 e. The van der Waals surface area contributed by atoms with Crippen LogP contribution in [0.15, 0.2) is 0 Å². The van der Waals surface area contributed by atoms with Crippen LogP contribution in [0.1, 0.15) is 20.8 Å². The first-order chi connectivity index (χ1) is 4.15. The summed E-state index contributed by atoms with van der Waals surface area (Å²) in [6.07, 6.45) is 0. The number of rotatable bonds is 0. The molecule has 0 aliphatic carbocycles. The molecular formula is C7H16NO2+.